The second-order valence-corrected chi connectivity index (χ2v) is 8.18. The highest BCUT2D eigenvalue weighted by Crippen LogP contribution is 2.47. The molecule has 1 aliphatic heterocycles. The molecular formula is C23H16Cl2F2N2O2. The number of halogens is 4. The van der Waals surface area contributed by atoms with Gasteiger partial charge in [0.05, 0.1) is 15.7 Å². The summed E-state index contributed by atoms with van der Waals surface area (Å²) in [6.45, 7) is 5.74. The first kappa shape index (κ1) is 21.3. The highest BCUT2D eigenvalue weighted by atomic mass is 35.5. The number of amides is 1. The van der Waals surface area contributed by atoms with E-state index in [1.54, 1.807) is 25.1 Å². The molecule has 158 valence electrons. The highest BCUT2D eigenvalue weighted by molar-refractivity contribution is 6.43. The smallest absolute Gasteiger partial charge is 0.231 e. The normalized spacial score (nSPS) is 17.2. The zero-order valence-corrected chi connectivity index (χ0v) is 17.8. The van der Waals surface area contributed by atoms with Crippen molar-refractivity contribution in [2.75, 3.05) is 6.61 Å². The lowest BCUT2D eigenvalue weighted by Gasteiger charge is -2.19. The van der Waals surface area contributed by atoms with Crippen LogP contribution in [0.15, 0.2) is 49.0 Å². The Morgan fingerprint density at radius 2 is 1.84 bits per heavy atom. The highest BCUT2D eigenvalue weighted by Gasteiger charge is 2.44. The van der Waals surface area contributed by atoms with Gasteiger partial charge in [-0.25, -0.2) is 13.8 Å². The summed E-state index contributed by atoms with van der Waals surface area (Å²) in [6, 6.07) is 10.0. The molecule has 1 atom stereocenters. The molecule has 31 heavy (non-hydrogen) atoms. The number of nitrogens with zero attached hydrogens (tertiary/aromatic N) is 1. The number of primary amides is 1. The van der Waals surface area contributed by atoms with Gasteiger partial charge in [0.15, 0.2) is 0 Å². The van der Waals surface area contributed by atoms with Crippen LogP contribution in [0.25, 0.3) is 16.8 Å². The van der Waals surface area contributed by atoms with Crippen molar-refractivity contribution in [1.29, 1.82) is 0 Å². The molecule has 4 nitrogen and oxygen atoms in total. The molecule has 0 saturated heterocycles. The fourth-order valence-corrected chi connectivity index (χ4v) is 3.84. The molecule has 0 aliphatic carbocycles. The molecule has 1 aliphatic rings. The van der Waals surface area contributed by atoms with Crippen molar-refractivity contribution in [1.82, 2.24) is 4.98 Å². The van der Waals surface area contributed by atoms with Gasteiger partial charge in [0, 0.05) is 16.7 Å². The Kier molecular flexibility index (Phi) is 5.23. The van der Waals surface area contributed by atoms with Crippen molar-refractivity contribution in [3.8, 4) is 17.0 Å². The molecule has 0 spiro atoms. The van der Waals surface area contributed by atoms with E-state index in [0.717, 1.165) is 0 Å². The topological polar surface area (TPSA) is 65.2 Å². The molecule has 2 aromatic carbocycles. The van der Waals surface area contributed by atoms with Crippen LogP contribution >= 0.6 is 23.2 Å². The van der Waals surface area contributed by atoms with E-state index in [1.165, 1.54) is 24.3 Å². The maximum Gasteiger partial charge on any atom is 0.231 e. The zero-order chi connectivity index (χ0) is 22.5. The molecule has 3 aromatic rings. The summed E-state index contributed by atoms with van der Waals surface area (Å²) in [5, 5.41) is -0.301. The third-order valence-corrected chi connectivity index (χ3v) is 6.27. The minimum Gasteiger partial charge on any atom is -0.489 e. The Morgan fingerprint density at radius 1 is 1.16 bits per heavy atom. The molecule has 0 bridgehead atoms. The van der Waals surface area contributed by atoms with Gasteiger partial charge in [-0.3, -0.25) is 4.79 Å². The van der Waals surface area contributed by atoms with Crippen LogP contribution in [0.3, 0.4) is 0 Å². The summed E-state index contributed by atoms with van der Waals surface area (Å²) >= 11 is 12.3. The van der Waals surface area contributed by atoms with Gasteiger partial charge in [0.1, 0.15) is 35.1 Å². The van der Waals surface area contributed by atoms with Crippen LogP contribution in [0.1, 0.15) is 23.7 Å². The summed E-state index contributed by atoms with van der Waals surface area (Å²) in [4.78, 5) is 16.9. The number of ether oxygens (including phenoxy) is 1. The fraction of sp³-hybridized carbons (Fsp3) is 0.130. The van der Waals surface area contributed by atoms with Crippen molar-refractivity contribution in [3.63, 3.8) is 0 Å². The van der Waals surface area contributed by atoms with E-state index in [9.17, 15) is 13.6 Å². The van der Waals surface area contributed by atoms with Crippen molar-refractivity contribution in [2.24, 2.45) is 5.73 Å². The van der Waals surface area contributed by atoms with E-state index in [2.05, 4.69) is 11.6 Å². The van der Waals surface area contributed by atoms with E-state index >= 15 is 0 Å². The van der Waals surface area contributed by atoms with Crippen LogP contribution in [0.4, 0.5) is 8.78 Å². The zero-order valence-electron chi connectivity index (χ0n) is 16.3. The van der Waals surface area contributed by atoms with Crippen molar-refractivity contribution in [3.05, 3.63) is 87.5 Å². The van der Waals surface area contributed by atoms with Gasteiger partial charge >= 0.3 is 0 Å². The van der Waals surface area contributed by atoms with Gasteiger partial charge in [0.25, 0.3) is 0 Å². The largest absolute Gasteiger partial charge is 0.489 e. The number of carbonyl (C=O) groups excluding carboxylic acids is 1. The molecule has 1 amide bonds. The van der Waals surface area contributed by atoms with E-state index in [4.69, 9.17) is 33.7 Å². The Balaban J connectivity index is 1.98. The lowest BCUT2D eigenvalue weighted by atomic mass is 9.82. The maximum absolute atomic E-state index is 13.9. The molecule has 1 aromatic heterocycles. The minimum atomic E-state index is -1.12. The number of aromatic nitrogens is 1. The monoisotopic (exact) mass is 460 g/mol. The molecular weight excluding hydrogens is 445 g/mol. The summed E-state index contributed by atoms with van der Waals surface area (Å²) < 4.78 is 33.0. The van der Waals surface area contributed by atoms with Crippen LogP contribution < -0.4 is 10.5 Å². The van der Waals surface area contributed by atoms with Crippen molar-refractivity contribution >= 4 is 34.7 Å². The van der Waals surface area contributed by atoms with E-state index in [1.807, 2.05) is 0 Å². The van der Waals surface area contributed by atoms with Crippen molar-refractivity contribution in [2.45, 2.75) is 12.3 Å². The summed E-state index contributed by atoms with van der Waals surface area (Å²) in [5.74, 6) is -1.34. The molecule has 8 heteroatoms. The van der Waals surface area contributed by atoms with Crippen molar-refractivity contribution < 1.29 is 18.3 Å². The Hall–Kier alpha value is -2.96. The molecule has 0 saturated carbocycles. The number of nitrogens with two attached hydrogens (primary N) is 1. The number of hydrogen-bond donors (Lipinski definition) is 1. The standard InChI is InChI=1S/C23H16Cl2F2N2O2/c1-11(12-3-5-13(26)6-4-12)17-9-15-21(31-10-23(15,2)22(28)30)20(29-17)14-7-8-16(27)19(25)18(14)24/h3-9H,1,10H2,2H3,(H2,28,30)/t23-/m0/s1. The number of rotatable bonds is 4. The summed E-state index contributed by atoms with van der Waals surface area (Å²) in [7, 11) is 0. The van der Waals surface area contributed by atoms with Gasteiger partial charge in [-0.2, -0.15) is 0 Å². The second kappa shape index (κ2) is 7.62. The van der Waals surface area contributed by atoms with Gasteiger partial charge < -0.3 is 10.5 Å². The molecule has 0 radical (unpaired) electrons. The predicted octanol–water partition coefficient (Wildman–Crippen LogP) is 5.53. The lowest BCUT2D eigenvalue weighted by molar-refractivity contribution is -0.123. The summed E-state index contributed by atoms with van der Waals surface area (Å²) in [5.41, 5.74) is 7.14. The average molecular weight is 461 g/mol. The number of fused-ring (bicyclic) bond motifs is 1. The third kappa shape index (κ3) is 3.46. The third-order valence-electron chi connectivity index (χ3n) is 5.41. The van der Waals surface area contributed by atoms with Crippen LogP contribution in [0.2, 0.25) is 10.0 Å². The molecule has 0 fully saturated rings. The quantitative estimate of drug-likeness (QED) is 0.520. The second-order valence-electron chi connectivity index (χ2n) is 7.43. The average Bonchev–Trinajstić information content (AvgIpc) is 3.10. The molecule has 0 unspecified atom stereocenters. The maximum atomic E-state index is 13.9. The number of benzene rings is 2. The van der Waals surface area contributed by atoms with Crippen LogP contribution in [0.5, 0.6) is 5.75 Å². The van der Waals surface area contributed by atoms with Gasteiger partial charge in [-0.1, -0.05) is 41.9 Å². The minimum absolute atomic E-state index is 0.00533. The van der Waals surface area contributed by atoms with E-state index in [-0.39, 0.29) is 28.2 Å². The Bertz CT molecular complexity index is 1250. The molecule has 2 heterocycles. The van der Waals surface area contributed by atoms with Crippen LogP contribution in [-0.4, -0.2) is 17.5 Å². The molecule has 4 rings (SSSR count). The van der Waals surface area contributed by atoms with Crippen LogP contribution in [-0.2, 0) is 10.2 Å². The van der Waals surface area contributed by atoms with Gasteiger partial charge in [-0.05, 0) is 42.8 Å². The van der Waals surface area contributed by atoms with Gasteiger partial charge in [0.2, 0.25) is 5.91 Å². The lowest BCUT2D eigenvalue weighted by Crippen LogP contribution is -2.39. The van der Waals surface area contributed by atoms with E-state index < -0.39 is 17.1 Å². The Labute approximate surface area is 187 Å². The SMILES string of the molecule is C=C(c1ccc(F)cc1)c1cc2c(c(-c3ccc(F)c(Cl)c3Cl)n1)OC[C@]2(C)C(N)=O. The first-order valence-electron chi connectivity index (χ1n) is 9.21. The number of carbonyl (C=O) groups is 1. The van der Waals surface area contributed by atoms with E-state index in [0.29, 0.717) is 33.7 Å². The predicted molar refractivity (Wildman–Crippen MR) is 116 cm³/mol. The fourth-order valence-electron chi connectivity index (χ4n) is 3.43. The summed E-state index contributed by atoms with van der Waals surface area (Å²) in [6.07, 6.45) is 0. The number of hydrogen-bond acceptors (Lipinski definition) is 3. The number of pyridine rings is 1. The Morgan fingerprint density at radius 3 is 2.48 bits per heavy atom. The first-order chi connectivity index (χ1) is 14.6. The van der Waals surface area contributed by atoms with Gasteiger partial charge in [-0.15, -0.1) is 0 Å². The molecule has 2 N–H and O–H groups in total. The first-order valence-corrected chi connectivity index (χ1v) is 9.96. The van der Waals surface area contributed by atoms with Crippen LogP contribution in [0, 0.1) is 11.6 Å².